The second kappa shape index (κ2) is 5.83. The first kappa shape index (κ1) is 16.4. The van der Waals surface area contributed by atoms with Crippen LogP contribution < -0.4 is 0 Å². The maximum absolute atomic E-state index is 10.8. The molecule has 0 aliphatic rings. The van der Waals surface area contributed by atoms with Crippen LogP contribution in [0.25, 0.3) is 0 Å². The Balaban J connectivity index is 4.92. The lowest BCUT2D eigenvalue weighted by Crippen LogP contribution is -2.44. The van der Waals surface area contributed by atoms with Gasteiger partial charge in [0.1, 0.15) is 0 Å². The minimum atomic E-state index is -0.642. The number of rotatable bonds is 7. The van der Waals surface area contributed by atoms with Crippen LogP contribution >= 0.6 is 9.24 Å². The number of hydrogen-bond donors (Lipinski definition) is 1. The molecule has 0 spiro atoms. The summed E-state index contributed by atoms with van der Waals surface area (Å²) in [5.41, 5.74) is 0.255. The molecule has 0 heterocycles. The zero-order chi connectivity index (χ0) is 13.0. The van der Waals surface area contributed by atoms with Gasteiger partial charge in [0.15, 0.2) is 0 Å². The third-order valence-electron chi connectivity index (χ3n) is 5.01. The molecule has 2 unspecified atom stereocenters. The topological polar surface area (TPSA) is 20.2 Å². The van der Waals surface area contributed by atoms with Crippen LogP contribution in [0.15, 0.2) is 0 Å². The van der Waals surface area contributed by atoms with Crippen LogP contribution in [0.1, 0.15) is 73.6 Å². The number of aliphatic hydroxyl groups is 1. The maximum Gasteiger partial charge on any atom is 0.0836 e. The average molecular weight is 246 g/mol. The van der Waals surface area contributed by atoms with Crippen molar-refractivity contribution in [2.45, 2.75) is 79.0 Å². The van der Waals surface area contributed by atoms with Gasteiger partial charge < -0.3 is 5.11 Å². The Kier molecular flexibility index (Phi) is 5.97. The lowest BCUT2D eigenvalue weighted by Gasteiger charge is -2.46. The highest BCUT2D eigenvalue weighted by Gasteiger charge is 2.44. The summed E-state index contributed by atoms with van der Waals surface area (Å²) >= 11 is 0. The normalized spacial score (nSPS) is 17.2. The Labute approximate surface area is 105 Å². The van der Waals surface area contributed by atoms with E-state index in [-0.39, 0.29) is 10.8 Å². The molecule has 0 aromatic heterocycles. The third-order valence-corrected chi connectivity index (χ3v) is 5.91. The van der Waals surface area contributed by atoms with E-state index in [9.17, 15) is 5.11 Å². The molecule has 16 heavy (non-hydrogen) atoms. The van der Waals surface area contributed by atoms with Crippen molar-refractivity contribution in [1.29, 1.82) is 0 Å². The molecule has 0 saturated carbocycles. The first-order valence-electron chi connectivity index (χ1n) is 6.71. The largest absolute Gasteiger partial charge is 0.385 e. The lowest BCUT2D eigenvalue weighted by molar-refractivity contribution is -0.0383. The standard InChI is InChI=1S/C14H31OP/c1-7-12(5,8-2)11-14(15,16)13(6,9-3)10-4/h15H,7-11,16H2,1-6H3. The van der Waals surface area contributed by atoms with E-state index in [1.165, 1.54) is 0 Å². The minimum absolute atomic E-state index is 0.00324. The highest BCUT2D eigenvalue weighted by molar-refractivity contribution is 7.18. The molecule has 2 heteroatoms. The van der Waals surface area contributed by atoms with Crippen LogP contribution in [0.4, 0.5) is 0 Å². The van der Waals surface area contributed by atoms with E-state index in [0.29, 0.717) is 0 Å². The predicted octanol–water partition coefficient (Wildman–Crippen LogP) is 4.59. The Morgan fingerprint density at radius 1 is 0.875 bits per heavy atom. The molecule has 1 nitrogen and oxygen atoms in total. The minimum Gasteiger partial charge on any atom is -0.385 e. The highest BCUT2D eigenvalue weighted by Crippen LogP contribution is 2.50. The molecular weight excluding hydrogens is 215 g/mol. The van der Waals surface area contributed by atoms with Gasteiger partial charge >= 0.3 is 0 Å². The molecule has 0 fully saturated rings. The zero-order valence-corrected chi connectivity index (χ0v) is 13.2. The van der Waals surface area contributed by atoms with Crippen LogP contribution in [0.5, 0.6) is 0 Å². The van der Waals surface area contributed by atoms with Gasteiger partial charge in [-0.25, -0.2) is 0 Å². The van der Waals surface area contributed by atoms with E-state index in [1.54, 1.807) is 0 Å². The van der Waals surface area contributed by atoms with Crippen LogP contribution in [-0.4, -0.2) is 10.4 Å². The summed E-state index contributed by atoms with van der Waals surface area (Å²) in [6.45, 7) is 13.3. The Morgan fingerprint density at radius 3 is 1.50 bits per heavy atom. The number of hydrogen-bond acceptors (Lipinski definition) is 1. The molecule has 0 aromatic carbocycles. The summed E-state index contributed by atoms with van der Waals surface area (Å²) in [7, 11) is 2.73. The summed E-state index contributed by atoms with van der Waals surface area (Å²) in [5, 5.41) is 10.2. The van der Waals surface area contributed by atoms with Crippen molar-refractivity contribution in [1.82, 2.24) is 0 Å². The Morgan fingerprint density at radius 2 is 1.25 bits per heavy atom. The van der Waals surface area contributed by atoms with Crippen LogP contribution in [0.2, 0.25) is 0 Å². The van der Waals surface area contributed by atoms with Gasteiger partial charge in [0, 0.05) is 0 Å². The first-order valence-corrected chi connectivity index (χ1v) is 7.29. The fourth-order valence-electron chi connectivity index (χ4n) is 2.23. The van der Waals surface area contributed by atoms with Gasteiger partial charge in [0.2, 0.25) is 0 Å². The van der Waals surface area contributed by atoms with Crippen molar-refractivity contribution >= 4 is 9.24 Å². The quantitative estimate of drug-likeness (QED) is 0.651. The summed E-state index contributed by atoms with van der Waals surface area (Å²) < 4.78 is 0. The molecule has 0 bridgehead atoms. The van der Waals surface area contributed by atoms with Crippen molar-refractivity contribution in [3.05, 3.63) is 0 Å². The Hall–Kier alpha value is 0.390. The van der Waals surface area contributed by atoms with Crippen LogP contribution in [0, 0.1) is 10.8 Å². The summed E-state index contributed by atoms with van der Waals surface area (Å²) in [6.07, 6.45) is 5.17. The van der Waals surface area contributed by atoms with Gasteiger partial charge in [0.05, 0.1) is 5.34 Å². The van der Waals surface area contributed by atoms with Gasteiger partial charge in [-0.1, -0.05) is 54.4 Å². The molecule has 1 N–H and O–H groups in total. The molecule has 0 rings (SSSR count). The van der Waals surface area contributed by atoms with Crippen molar-refractivity contribution in [2.75, 3.05) is 0 Å². The molecule has 0 aromatic rings. The molecule has 0 aliphatic carbocycles. The van der Waals surface area contributed by atoms with E-state index in [2.05, 4.69) is 50.8 Å². The summed E-state index contributed by atoms with van der Waals surface area (Å²) in [5.74, 6) is 0. The van der Waals surface area contributed by atoms with Gasteiger partial charge in [-0.15, -0.1) is 9.24 Å². The van der Waals surface area contributed by atoms with Crippen molar-refractivity contribution in [2.24, 2.45) is 10.8 Å². The van der Waals surface area contributed by atoms with Crippen LogP contribution in [0.3, 0.4) is 0 Å². The predicted molar refractivity (Wildman–Crippen MR) is 76.7 cm³/mol. The lowest BCUT2D eigenvalue weighted by atomic mass is 9.69. The zero-order valence-electron chi connectivity index (χ0n) is 12.1. The molecule has 0 aliphatic heterocycles. The maximum atomic E-state index is 10.8. The SMILES string of the molecule is CCC(C)(CC)CC(O)(P)C(C)(CC)CC. The first-order chi connectivity index (χ1) is 7.20. The van der Waals surface area contributed by atoms with E-state index >= 15 is 0 Å². The van der Waals surface area contributed by atoms with Crippen molar-refractivity contribution in [3.63, 3.8) is 0 Å². The van der Waals surface area contributed by atoms with Crippen LogP contribution in [-0.2, 0) is 0 Å². The molecule has 0 saturated heterocycles. The van der Waals surface area contributed by atoms with E-state index in [1.807, 2.05) is 0 Å². The third kappa shape index (κ3) is 3.44. The smallest absolute Gasteiger partial charge is 0.0836 e. The fraction of sp³-hybridized carbons (Fsp3) is 1.00. The fourth-order valence-corrected chi connectivity index (χ4v) is 3.13. The van der Waals surface area contributed by atoms with Crippen molar-refractivity contribution in [3.8, 4) is 0 Å². The van der Waals surface area contributed by atoms with Gasteiger partial charge in [-0.05, 0) is 30.1 Å². The van der Waals surface area contributed by atoms with E-state index < -0.39 is 5.34 Å². The van der Waals surface area contributed by atoms with Gasteiger partial charge in [0.25, 0.3) is 0 Å². The summed E-state index contributed by atoms with van der Waals surface area (Å²) in [4.78, 5) is 0. The molecule has 2 atom stereocenters. The molecular formula is C14H31OP. The molecule has 0 radical (unpaired) electrons. The summed E-state index contributed by atoms with van der Waals surface area (Å²) in [6, 6.07) is 0. The van der Waals surface area contributed by atoms with E-state index in [0.717, 1.165) is 32.1 Å². The second-order valence-corrected chi connectivity index (χ2v) is 6.84. The monoisotopic (exact) mass is 246 g/mol. The second-order valence-electron chi connectivity index (χ2n) is 5.89. The van der Waals surface area contributed by atoms with Crippen molar-refractivity contribution < 1.29 is 5.11 Å². The van der Waals surface area contributed by atoms with Gasteiger partial charge in [-0.3, -0.25) is 0 Å². The highest BCUT2D eigenvalue weighted by atomic mass is 31.0. The molecule has 98 valence electrons. The van der Waals surface area contributed by atoms with E-state index in [4.69, 9.17) is 0 Å². The molecule has 0 amide bonds. The average Bonchev–Trinajstić information content (AvgIpc) is 2.26. The van der Waals surface area contributed by atoms with Gasteiger partial charge in [-0.2, -0.15) is 0 Å². The Bertz CT molecular complexity index is 203.